The van der Waals surface area contributed by atoms with Gasteiger partial charge in [0, 0.05) is 23.9 Å². The number of anilines is 2. The van der Waals surface area contributed by atoms with E-state index in [0.717, 1.165) is 12.1 Å². The molecule has 0 saturated heterocycles. The Balaban J connectivity index is 2.06. The summed E-state index contributed by atoms with van der Waals surface area (Å²) < 4.78 is 0. The Labute approximate surface area is 134 Å². The van der Waals surface area contributed by atoms with Crippen LogP contribution in [0.3, 0.4) is 0 Å². The van der Waals surface area contributed by atoms with E-state index < -0.39 is 21.7 Å². The summed E-state index contributed by atoms with van der Waals surface area (Å²) >= 11 is 0. The fourth-order valence-corrected chi connectivity index (χ4v) is 1.77. The number of nitrogens with zero attached hydrogens (tertiary/aromatic N) is 2. The molecule has 0 radical (unpaired) electrons. The normalized spacial score (nSPS) is 9.83. The van der Waals surface area contributed by atoms with E-state index in [4.69, 9.17) is 0 Å². The molecule has 2 rings (SSSR count). The number of carbonyl (C=O) groups is 2. The minimum Gasteiger partial charge on any atom is -0.318 e. The number of nitro groups is 2. The monoisotopic (exact) mass is 330 g/mol. The summed E-state index contributed by atoms with van der Waals surface area (Å²) in [5.41, 5.74) is -0.471. The lowest BCUT2D eigenvalue weighted by Gasteiger charge is -2.06. The van der Waals surface area contributed by atoms with Gasteiger partial charge >= 0.3 is 11.8 Å². The van der Waals surface area contributed by atoms with Crippen molar-refractivity contribution in [3.8, 4) is 0 Å². The van der Waals surface area contributed by atoms with Gasteiger partial charge in [0.15, 0.2) is 0 Å². The molecule has 0 unspecified atom stereocenters. The number of hydrogen-bond acceptors (Lipinski definition) is 6. The highest BCUT2D eigenvalue weighted by Gasteiger charge is 2.19. The maximum absolute atomic E-state index is 11.8. The molecule has 122 valence electrons. The van der Waals surface area contributed by atoms with Gasteiger partial charge in [-0.05, 0) is 18.2 Å². The van der Waals surface area contributed by atoms with Crippen LogP contribution in [0.2, 0.25) is 0 Å². The molecule has 2 aromatic carbocycles. The summed E-state index contributed by atoms with van der Waals surface area (Å²) in [6.07, 6.45) is 0. The Morgan fingerprint density at radius 2 is 1.38 bits per heavy atom. The van der Waals surface area contributed by atoms with Crippen molar-refractivity contribution in [2.75, 3.05) is 10.6 Å². The van der Waals surface area contributed by atoms with Crippen molar-refractivity contribution in [2.24, 2.45) is 0 Å². The Bertz CT molecular complexity index is 818. The number of carbonyl (C=O) groups excluding carboxylic acids is 2. The predicted molar refractivity (Wildman–Crippen MR) is 83.5 cm³/mol. The van der Waals surface area contributed by atoms with E-state index in [0.29, 0.717) is 0 Å². The van der Waals surface area contributed by atoms with Gasteiger partial charge in [0.25, 0.3) is 11.4 Å². The maximum Gasteiger partial charge on any atom is 0.314 e. The summed E-state index contributed by atoms with van der Waals surface area (Å²) in [6, 6.07) is 10.2. The molecular formula is C14H10N4O6. The van der Waals surface area contributed by atoms with Crippen LogP contribution in [-0.2, 0) is 9.59 Å². The van der Waals surface area contributed by atoms with Crippen molar-refractivity contribution in [3.05, 3.63) is 68.8 Å². The molecule has 0 saturated carbocycles. The minimum atomic E-state index is -1.11. The van der Waals surface area contributed by atoms with Gasteiger partial charge in [0.05, 0.1) is 9.85 Å². The Kier molecular flexibility index (Phi) is 4.80. The van der Waals surface area contributed by atoms with Crippen molar-refractivity contribution in [1.29, 1.82) is 0 Å². The molecule has 0 bridgehead atoms. The lowest BCUT2D eigenvalue weighted by atomic mass is 10.2. The van der Waals surface area contributed by atoms with Crippen molar-refractivity contribution >= 4 is 34.6 Å². The van der Waals surface area contributed by atoms with Crippen molar-refractivity contribution in [3.63, 3.8) is 0 Å². The highest BCUT2D eigenvalue weighted by Crippen LogP contribution is 2.23. The van der Waals surface area contributed by atoms with Crippen LogP contribution in [0.5, 0.6) is 0 Å². The van der Waals surface area contributed by atoms with E-state index >= 15 is 0 Å². The number of non-ortho nitro benzene ring substituents is 1. The first-order valence-corrected chi connectivity index (χ1v) is 6.48. The van der Waals surface area contributed by atoms with Crippen molar-refractivity contribution in [1.82, 2.24) is 0 Å². The van der Waals surface area contributed by atoms with Crippen LogP contribution in [0.25, 0.3) is 0 Å². The molecule has 2 amide bonds. The summed E-state index contributed by atoms with van der Waals surface area (Å²) in [7, 11) is 0. The van der Waals surface area contributed by atoms with E-state index in [-0.39, 0.29) is 22.7 Å². The third-order valence-electron chi connectivity index (χ3n) is 2.89. The van der Waals surface area contributed by atoms with Gasteiger partial charge in [-0.1, -0.05) is 12.1 Å². The quantitative estimate of drug-likeness (QED) is 0.499. The van der Waals surface area contributed by atoms with Crippen LogP contribution in [-0.4, -0.2) is 21.7 Å². The topological polar surface area (TPSA) is 144 Å². The molecule has 0 heterocycles. The van der Waals surface area contributed by atoms with Crippen LogP contribution in [0.15, 0.2) is 48.5 Å². The van der Waals surface area contributed by atoms with Gasteiger partial charge in [-0.3, -0.25) is 29.8 Å². The second-order valence-electron chi connectivity index (χ2n) is 4.49. The van der Waals surface area contributed by atoms with E-state index in [2.05, 4.69) is 10.6 Å². The molecule has 24 heavy (non-hydrogen) atoms. The first kappa shape index (κ1) is 16.5. The van der Waals surface area contributed by atoms with Crippen LogP contribution >= 0.6 is 0 Å². The second-order valence-corrected chi connectivity index (χ2v) is 4.49. The number of hydrogen-bond donors (Lipinski definition) is 2. The van der Waals surface area contributed by atoms with Crippen LogP contribution < -0.4 is 10.6 Å². The third kappa shape index (κ3) is 3.88. The average Bonchev–Trinajstić information content (AvgIpc) is 2.55. The van der Waals surface area contributed by atoms with E-state index in [1.165, 1.54) is 36.4 Å². The molecule has 0 aliphatic heterocycles. The van der Waals surface area contributed by atoms with Gasteiger partial charge in [0.2, 0.25) is 0 Å². The largest absolute Gasteiger partial charge is 0.318 e. The minimum absolute atomic E-state index is 0.119. The van der Waals surface area contributed by atoms with Gasteiger partial charge in [-0.25, -0.2) is 0 Å². The van der Waals surface area contributed by atoms with Crippen LogP contribution in [0.4, 0.5) is 22.7 Å². The zero-order valence-electron chi connectivity index (χ0n) is 12.0. The van der Waals surface area contributed by atoms with E-state index in [9.17, 15) is 29.8 Å². The Morgan fingerprint density at radius 3 is 1.96 bits per heavy atom. The fraction of sp³-hybridized carbons (Fsp3) is 0. The van der Waals surface area contributed by atoms with Gasteiger partial charge < -0.3 is 10.6 Å². The highest BCUT2D eigenvalue weighted by atomic mass is 16.6. The zero-order valence-corrected chi connectivity index (χ0v) is 12.0. The molecule has 0 aliphatic carbocycles. The summed E-state index contributed by atoms with van der Waals surface area (Å²) in [4.78, 5) is 43.7. The standard InChI is InChI=1S/C14H10N4O6/c19-13(15-9-5-7-10(8-6-9)17(21)22)14(20)16-11-3-1-2-4-12(11)18(23)24/h1-8H,(H,15,19)(H,16,20). The second kappa shape index (κ2) is 6.96. The number of nitro benzene ring substituents is 2. The molecule has 2 N–H and O–H groups in total. The molecule has 0 aromatic heterocycles. The molecule has 10 heteroatoms. The smallest absolute Gasteiger partial charge is 0.314 e. The molecular weight excluding hydrogens is 320 g/mol. The third-order valence-corrected chi connectivity index (χ3v) is 2.89. The maximum atomic E-state index is 11.8. The SMILES string of the molecule is O=C(Nc1ccc([N+](=O)[O-])cc1)C(=O)Nc1ccccc1[N+](=O)[O-]. The van der Waals surface area contributed by atoms with Gasteiger partial charge in [0.1, 0.15) is 5.69 Å². The lowest BCUT2D eigenvalue weighted by molar-refractivity contribution is -0.384. The first-order chi connectivity index (χ1) is 11.4. The highest BCUT2D eigenvalue weighted by molar-refractivity contribution is 6.43. The summed E-state index contributed by atoms with van der Waals surface area (Å²) in [5, 5.41) is 25.8. The molecule has 10 nitrogen and oxygen atoms in total. The van der Waals surface area contributed by atoms with E-state index in [1.54, 1.807) is 0 Å². The Hall–Kier alpha value is -3.82. The molecule has 0 aliphatic rings. The first-order valence-electron chi connectivity index (χ1n) is 6.48. The fourth-order valence-electron chi connectivity index (χ4n) is 1.77. The van der Waals surface area contributed by atoms with Crippen LogP contribution in [0, 0.1) is 20.2 Å². The number of nitrogens with one attached hydrogen (secondary N) is 2. The number of para-hydroxylation sites is 2. The summed E-state index contributed by atoms with van der Waals surface area (Å²) in [6.45, 7) is 0. The number of rotatable bonds is 4. The lowest BCUT2D eigenvalue weighted by Crippen LogP contribution is -2.29. The van der Waals surface area contributed by atoms with Gasteiger partial charge in [-0.2, -0.15) is 0 Å². The summed E-state index contributed by atoms with van der Waals surface area (Å²) in [5.74, 6) is -2.18. The van der Waals surface area contributed by atoms with Crippen molar-refractivity contribution in [2.45, 2.75) is 0 Å². The van der Waals surface area contributed by atoms with Gasteiger partial charge in [-0.15, -0.1) is 0 Å². The molecule has 2 aromatic rings. The molecule has 0 spiro atoms. The molecule has 0 atom stereocenters. The van der Waals surface area contributed by atoms with E-state index in [1.807, 2.05) is 0 Å². The predicted octanol–water partition coefficient (Wildman–Crippen LogP) is 2.08. The number of benzene rings is 2. The molecule has 0 fully saturated rings. The zero-order chi connectivity index (χ0) is 17.7. The Morgan fingerprint density at radius 1 is 0.792 bits per heavy atom. The number of amides is 2. The average molecular weight is 330 g/mol. The van der Waals surface area contributed by atoms with Crippen molar-refractivity contribution < 1.29 is 19.4 Å². The van der Waals surface area contributed by atoms with Crippen LogP contribution in [0.1, 0.15) is 0 Å².